The molecule has 0 radical (unpaired) electrons. The first kappa shape index (κ1) is 20.0. The van der Waals surface area contributed by atoms with Crippen molar-refractivity contribution in [2.24, 2.45) is 0 Å². The van der Waals surface area contributed by atoms with Crippen LogP contribution in [-0.4, -0.2) is 47.0 Å². The van der Waals surface area contributed by atoms with Gasteiger partial charge in [-0.1, -0.05) is 11.6 Å². The number of carbonyl (C=O) groups is 1. The van der Waals surface area contributed by atoms with Crippen LogP contribution in [0.3, 0.4) is 0 Å². The number of piperazine rings is 1. The molecule has 0 N–H and O–H groups in total. The number of nitrogens with zero attached hydrogens (tertiary/aromatic N) is 4. The van der Waals surface area contributed by atoms with Gasteiger partial charge in [0.15, 0.2) is 0 Å². The van der Waals surface area contributed by atoms with Crippen LogP contribution in [0.1, 0.15) is 10.4 Å². The van der Waals surface area contributed by atoms with Crippen LogP contribution in [-0.2, 0) is 0 Å². The lowest BCUT2D eigenvalue weighted by Crippen LogP contribution is -2.49. The molecule has 0 atom stereocenters. The van der Waals surface area contributed by atoms with E-state index in [9.17, 15) is 13.6 Å². The van der Waals surface area contributed by atoms with Gasteiger partial charge in [0.2, 0.25) is 11.8 Å². The van der Waals surface area contributed by atoms with E-state index in [0.29, 0.717) is 43.8 Å². The fourth-order valence-electron chi connectivity index (χ4n) is 3.11. The third-order valence-corrected chi connectivity index (χ3v) is 4.98. The van der Waals surface area contributed by atoms with Crippen LogP contribution in [0.15, 0.2) is 54.7 Å². The molecule has 30 heavy (non-hydrogen) atoms. The van der Waals surface area contributed by atoms with Crippen molar-refractivity contribution in [3.63, 3.8) is 0 Å². The molecule has 9 heteroatoms. The number of halogens is 3. The van der Waals surface area contributed by atoms with Gasteiger partial charge in [-0.2, -0.15) is 4.98 Å². The molecule has 0 aliphatic carbocycles. The first-order valence-corrected chi connectivity index (χ1v) is 9.63. The summed E-state index contributed by atoms with van der Waals surface area (Å²) in [4.78, 5) is 25.0. The number of anilines is 1. The molecule has 1 aliphatic heterocycles. The van der Waals surface area contributed by atoms with Gasteiger partial charge in [-0.25, -0.2) is 13.8 Å². The predicted molar refractivity (Wildman–Crippen MR) is 108 cm³/mol. The van der Waals surface area contributed by atoms with Crippen LogP contribution in [0.2, 0.25) is 5.02 Å². The smallest absolute Gasteiger partial charge is 0.255 e. The molecule has 1 saturated heterocycles. The van der Waals surface area contributed by atoms with Crippen molar-refractivity contribution in [1.29, 1.82) is 0 Å². The van der Waals surface area contributed by atoms with Crippen molar-refractivity contribution in [2.75, 3.05) is 31.1 Å². The minimum atomic E-state index is -0.485. The fourth-order valence-corrected chi connectivity index (χ4v) is 3.36. The molecule has 0 unspecified atom stereocenters. The normalized spacial score (nSPS) is 14.0. The zero-order chi connectivity index (χ0) is 21.1. The molecule has 3 aromatic rings. The van der Waals surface area contributed by atoms with Gasteiger partial charge in [0.25, 0.3) is 5.91 Å². The Bertz CT molecular complexity index is 1060. The van der Waals surface area contributed by atoms with E-state index in [0.717, 1.165) is 6.07 Å². The lowest BCUT2D eigenvalue weighted by atomic mass is 10.1. The SMILES string of the molecule is O=C(c1ccc(F)cc1Cl)N1CCN(c2nccc(Oc3ccc(F)cc3)n2)CC1. The number of ether oxygens (including phenoxy) is 1. The Hall–Kier alpha value is -3.26. The maximum Gasteiger partial charge on any atom is 0.255 e. The Morgan fingerprint density at radius 3 is 2.37 bits per heavy atom. The van der Waals surface area contributed by atoms with Crippen LogP contribution < -0.4 is 9.64 Å². The molecule has 2 heterocycles. The average molecular weight is 431 g/mol. The Balaban J connectivity index is 1.40. The molecule has 2 aromatic carbocycles. The number of benzene rings is 2. The molecule has 154 valence electrons. The topological polar surface area (TPSA) is 58.6 Å². The number of carbonyl (C=O) groups excluding carboxylic acids is 1. The number of amides is 1. The highest BCUT2D eigenvalue weighted by Gasteiger charge is 2.25. The van der Waals surface area contributed by atoms with E-state index < -0.39 is 5.82 Å². The summed E-state index contributed by atoms with van der Waals surface area (Å²) in [6.45, 7) is 1.92. The standard InChI is InChI=1S/C21H17ClF2N4O2/c22-18-13-15(24)3-6-17(18)20(29)27-9-11-28(12-10-27)21-25-8-7-19(26-21)30-16-4-1-14(23)2-5-16/h1-8,13H,9-12H2. The maximum absolute atomic E-state index is 13.2. The minimum Gasteiger partial charge on any atom is -0.439 e. The van der Waals surface area contributed by atoms with E-state index in [1.165, 1.54) is 36.4 Å². The largest absolute Gasteiger partial charge is 0.439 e. The second-order valence-electron chi connectivity index (χ2n) is 6.65. The van der Waals surface area contributed by atoms with Crippen molar-refractivity contribution in [1.82, 2.24) is 14.9 Å². The van der Waals surface area contributed by atoms with E-state index >= 15 is 0 Å². The molecule has 1 aliphatic rings. The lowest BCUT2D eigenvalue weighted by Gasteiger charge is -2.34. The summed E-state index contributed by atoms with van der Waals surface area (Å²) < 4.78 is 31.9. The molecule has 4 rings (SSSR count). The summed E-state index contributed by atoms with van der Waals surface area (Å²) in [5.41, 5.74) is 0.275. The van der Waals surface area contributed by atoms with Gasteiger partial charge >= 0.3 is 0 Å². The Morgan fingerprint density at radius 1 is 0.967 bits per heavy atom. The van der Waals surface area contributed by atoms with E-state index in [1.807, 2.05) is 4.90 Å². The molecule has 1 aromatic heterocycles. The summed E-state index contributed by atoms with van der Waals surface area (Å²) in [6, 6.07) is 11.0. The molecule has 0 bridgehead atoms. The van der Waals surface area contributed by atoms with Gasteiger partial charge in [-0.3, -0.25) is 4.79 Å². The van der Waals surface area contributed by atoms with Crippen LogP contribution in [0.5, 0.6) is 11.6 Å². The zero-order valence-electron chi connectivity index (χ0n) is 15.8. The summed E-state index contributed by atoms with van der Waals surface area (Å²) >= 11 is 6.01. The summed E-state index contributed by atoms with van der Waals surface area (Å²) in [7, 11) is 0. The fraction of sp³-hybridized carbons (Fsp3) is 0.190. The zero-order valence-corrected chi connectivity index (χ0v) is 16.5. The first-order chi connectivity index (χ1) is 14.5. The Kier molecular flexibility index (Phi) is 5.76. The highest BCUT2D eigenvalue weighted by atomic mass is 35.5. The lowest BCUT2D eigenvalue weighted by molar-refractivity contribution is 0.0746. The maximum atomic E-state index is 13.2. The van der Waals surface area contributed by atoms with Gasteiger partial charge in [0, 0.05) is 38.4 Å². The third kappa shape index (κ3) is 4.49. The second-order valence-corrected chi connectivity index (χ2v) is 7.06. The van der Waals surface area contributed by atoms with Gasteiger partial charge in [0.05, 0.1) is 10.6 Å². The van der Waals surface area contributed by atoms with E-state index in [2.05, 4.69) is 9.97 Å². The number of hydrogen-bond donors (Lipinski definition) is 0. The van der Waals surface area contributed by atoms with Crippen molar-refractivity contribution >= 4 is 23.5 Å². The molecule has 1 amide bonds. The number of aromatic nitrogens is 2. The molecule has 0 saturated carbocycles. The van der Waals surface area contributed by atoms with Crippen molar-refractivity contribution < 1.29 is 18.3 Å². The van der Waals surface area contributed by atoms with Gasteiger partial charge in [-0.15, -0.1) is 0 Å². The van der Waals surface area contributed by atoms with Gasteiger partial charge in [-0.05, 0) is 42.5 Å². The number of rotatable bonds is 4. The van der Waals surface area contributed by atoms with Gasteiger partial charge in [0.1, 0.15) is 17.4 Å². The van der Waals surface area contributed by atoms with Crippen LogP contribution >= 0.6 is 11.6 Å². The molecule has 6 nitrogen and oxygen atoms in total. The van der Waals surface area contributed by atoms with Crippen LogP contribution in [0.25, 0.3) is 0 Å². The Labute approximate surface area is 176 Å². The monoisotopic (exact) mass is 430 g/mol. The van der Waals surface area contributed by atoms with Gasteiger partial charge < -0.3 is 14.5 Å². The summed E-state index contributed by atoms with van der Waals surface area (Å²) in [5, 5.41) is 0.0939. The summed E-state index contributed by atoms with van der Waals surface area (Å²) in [6.07, 6.45) is 1.58. The molecule has 1 fully saturated rings. The molecular weight excluding hydrogens is 414 g/mol. The molecular formula is C21H17ClF2N4O2. The molecule has 0 spiro atoms. The van der Waals surface area contributed by atoms with E-state index in [1.54, 1.807) is 17.2 Å². The predicted octanol–water partition coefficient (Wildman–Crippen LogP) is 4.16. The highest BCUT2D eigenvalue weighted by Crippen LogP contribution is 2.23. The highest BCUT2D eigenvalue weighted by molar-refractivity contribution is 6.33. The average Bonchev–Trinajstić information content (AvgIpc) is 2.75. The van der Waals surface area contributed by atoms with Crippen LogP contribution in [0, 0.1) is 11.6 Å². The second kappa shape index (κ2) is 8.62. The van der Waals surface area contributed by atoms with Crippen LogP contribution in [0.4, 0.5) is 14.7 Å². The van der Waals surface area contributed by atoms with E-state index in [4.69, 9.17) is 16.3 Å². The minimum absolute atomic E-state index is 0.0939. The van der Waals surface area contributed by atoms with E-state index in [-0.39, 0.29) is 22.3 Å². The first-order valence-electron chi connectivity index (χ1n) is 9.25. The number of hydrogen-bond acceptors (Lipinski definition) is 5. The summed E-state index contributed by atoms with van der Waals surface area (Å²) in [5.74, 6) is 0.202. The Morgan fingerprint density at radius 2 is 1.67 bits per heavy atom. The van der Waals surface area contributed by atoms with Crippen molar-refractivity contribution in [3.8, 4) is 11.6 Å². The van der Waals surface area contributed by atoms with Crippen molar-refractivity contribution in [2.45, 2.75) is 0 Å². The van der Waals surface area contributed by atoms with Crippen molar-refractivity contribution in [3.05, 3.63) is 76.9 Å². The third-order valence-electron chi connectivity index (χ3n) is 4.66. The quantitative estimate of drug-likeness (QED) is 0.622.